The highest BCUT2D eigenvalue weighted by atomic mass is 16.7. The minimum Gasteiger partial charge on any atom is -0.396 e. The van der Waals surface area contributed by atoms with Crippen LogP contribution in [0.15, 0.2) is 0 Å². The first-order chi connectivity index (χ1) is 6.85. The maximum Gasteiger partial charge on any atom is 0.159 e. The lowest BCUT2D eigenvalue weighted by Crippen LogP contribution is -2.17. The molecule has 1 atom stereocenters. The summed E-state index contributed by atoms with van der Waals surface area (Å²) in [5, 5.41) is 8.52. The van der Waals surface area contributed by atoms with Gasteiger partial charge in [-0.3, -0.25) is 0 Å². The summed E-state index contributed by atoms with van der Waals surface area (Å²) in [6.45, 7) is 4.17. The van der Waals surface area contributed by atoms with Gasteiger partial charge in [0.05, 0.1) is 6.61 Å². The molecule has 4 heteroatoms. The molecule has 14 heavy (non-hydrogen) atoms. The smallest absolute Gasteiger partial charge is 0.159 e. The Hall–Kier alpha value is -0.160. The fourth-order valence-electron chi connectivity index (χ4n) is 1.05. The lowest BCUT2D eigenvalue weighted by molar-refractivity contribution is -0.131. The van der Waals surface area contributed by atoms with E-state index >= 15 is 0 Å². The standard InChI is InChI=1S/C10H22O4/c1-3-14-10(12-2)6-9-13-8-5-4-7-11/h10-11H,3-9H2,1-2H3. The van der Waals surface area contributed by atoms with Crippen molar-refractivity contribution < 1.29 is 19.3 Å². The molecule has 0 fully saturated rings. The molecule has 0 aromatic carbocycles. The number of methoxy groups -OCH3 is 1. The molecule has 0 saturated carbocycles. The summed E-state index contributed by atoms with van der Waals surface area (Å²) >= 11 is 0. The molecule has 0 spiro atoms. The second kappa shape index (κ2) is 10.9. The average molecular weight is 206 g/mol. The quantitative estimate of drug-likeness (QED) is 0.430. The molecule has 0 heterocycles. The van der Waals surface area contributed by atoms with Crippen LogP contribution in [-0.2, 0) is 14.2 Å². The van der Waals surface area contributed by atoms with E-state index in [1.807, 2.05) is 6.92 Å². The third kappa shape index (κ3) is 8.44. The molecule has 86 valence electrons. The van der Waals surface area contributed by atoms with E-state index in [0.717, 1.165) is 19.3 Å². The van der Waals surface area contributed by atoms with Crippen LogP contribution in [0.3, 0.4) is 0 Å². The summed E-state index contributed by atoms with van der Waals surface area (Å²) in [4.78, 5) is 0. The van der Waals surface area contributed by atoms with Gasteiger partial charge >= 0.3 is 0 Å². The van der Waals surface area contributed by atoms with Crippen molar-refractivity contribution in [2.24, 2.45) is 0 Å². The Bertz CT molecular complexity index is 108. The molecule has 0 aliphatic carbocycles. The van der Waals surface area contributed by atoms with Gasteiger partial charge in [0.2, 0.25) is 0 Å². The van der Waals surface area contributed by atoms with E-state index in [1.165, 1.54) is 0 Å². The molecule has 0 aliphatic rings. The highest BCUT2D eigenvalue weighted by Crippen LogP contribution is 2.00. The fourth-order valence-corrected chi connectivity index (χ4v) is 1.05. The van der Waals surface area contributed by atoms with E-state index in [2.05, 4.69) is 0 Å². The van der Waals surface area contributed by atoms with E-state index in [4.69, 9.17) is 19.3 Å². The minimum absolute atomic E-state index is 0.155. The zero-order chi connectivity index (χ0) is 10.6. The number of aliphatic hydroxyl groups is 1. The highest BCUT2D eigenvalue weighted by molar-refractivity contribution is 4.43. The van der Waals surface area contributed by atoms with E-state index in [1.54, 1.807) is 7.11 Å². The van der Waals surface area contributed by atoms with Gasteiger partial charge in [0.1, 0.15) is 0 Å². The second-order valence-corrected chi connectivity index (χ2v) is 2.95. The molecule has 0 saturated heterocycles. The van der Waals surface area contributed by atoms with Crippen LogP contribution in [0.1, 0.15) is 26.2 Å². The van der Waals surface area contributed by atoms with Gasteiger partial charge in [-0.25, -0.2) is 0 Å². The molecule has 0 bridgehead atoms. The Kier molecular flexibility index (Phi) is 10.8. The Morgan fingerprint density at radius 3 is 2.57 bits per heavy atom. The van der Waals surface area contributed by atoms with Crippen molar-refractivity contribution in [1.29, 1.82) is 0 Å². The van der Waals surface area contributed by atoms with Crippen LogP contribution in [0.25, 0.3) is 0 Å². The van der Waals surface area contributed by atoms with E-state index in [0.29, 0.717) is 19.8 Å². The fraction of sp³-hybridized carbons (Fsp3) is 1.00. The van der Waals surface area contributed by atoms with Crippen molar-refractivity contribution >= 4 is 0 Å². The number of rotatable bonds is 10. The summed E-state index contributed by atoms with van der Waals surface area (Å²) in [5.41, 5.74) is 0. The molecule has 1 unspecified atom stereocenters. The lowest BCUT2D eigenvalue weighted by Gasteiger charge is -2.14. The van der Waals surface area contributed by atoms with Crippen molar-refractivity contribution in [3.63, 3.8) is 0 Å². The van der Waals surface area contributed by atoms with Gasteiger partial charge in [-0.1, -0.05) is 0 Å². The van der Waals surface area contributed by atoms with Gasteiger partial charge in [0.25, 0.3) is 0 Å². The van der Waals surface area contributed by atoms with Gasteiger partial charge in [-0.2, -0.15) is 0 Å². The molecular formula is C10H22O4. The summed E-state index contributed by atoms with van der Waals surface area (Å²) in [5.74, 6) is 0. The van der Waals surface area contributed by atoms with E-state index in [9.17, 15) is 0 Å². The second-order valence-electron chi connectivity index (χ2n) is 2.95. The molecular weight excluding hydrogens is 184 g/mol. The van der Waals surface area contributed by atoms with Gasteiger partial charge < -0.3 is 19.3 Å². The van der Waals surface area contributed by atoms with Crippen molar-refractivity contribution in [2.75, 3.05) is 33.5 Å². The third-order valence-electron chi connectivity index (χ3n) is 1.81. The monoisotopic (exact) mass is 206 g/mol. The molecule has 1 N–H and O–H groups in total. The van der Waals surface area contributed by atoms with Crippen LogP contribution >= 0.6 is 0 Å². The maximum atomic E-state index is 8.52. The molecule has 4 nitrogen and oxygen atoms in total. The van der Waals surface area contributed by atoms with Crippen molar-refractivity contribution in [2.45, 2.75) is 32.5 Å². The first-order valence-electron chi connectivity index (χ1n) is 5.18. The summed E-state index contributed by atoms with van der Waals surface area (Å²) < 4.78 is 15.7. The number of hydrogen-bond acceptors (Lipinski definition) is 4. The Balaban J connectivity index is 3.15. The van der Waals surface area contributed by atoms with Crippen LogP contribution in [0, 0.1) is 0 Å². The predicted octanol–water partition coefficient (Wildman–Crippen LogP) is 1.17. The van der Waals surface area contributed by atoms with Crippen LogP contribution in [0.5, 0.6) is 0 Å². The normalized spacial score (nSPS) is 13.1. The van der Waals surface area contributed by atoms with Crippen LogP contribution in [0.4, 0.5) is 0 Å². The maximum absolute atomic E-state index is 8.52. The van der Waals surface area contributed by atoms with Crippen LogP contribution in [0.2, 0.25) is 0 Å². The molecule has 0 amide bonds. The van der Waals surface area contributed by atoms with Crippen LogP contribution < -0.4 is 0 Å². The van der Waals surface area contributed by atoms with E-state index in [-0.39, 0.29) is 12.9 Å². The first kappa shape index (κ1) is 13.8. The zero-order valence-electron chi connectivity index (χ0n) is 9.20. The zero-order valence-corrected chi connectivity index (χ0v) is 9.20. The first-order valence-corrected chi connectivity index (χ1v) is 5.18. The molecule has 0 radical (unpaired) electrons. The summed E-state index contributed by atoms with van der Waals surface area (Å²) in [6, 6.07) is 0. The topological polar surface area (TPSA) is 47.9 Å². The Labute approximate surface area is 86.2 Å². The summed E-state index contributed by atoms with van der Waals surface area (Å²) in [6.07, 6.45) is 2.31. The largest absolute Gasteiger partial charge is 0.396 e. The molecule has 0 aromatic rings. The molecule has 0 aromatic heterocycles. The third-order valence-corrected chi connectivity index (χ3v) is 1.81. The van der Waals surface area contributed by atoms with Crippen LogP contribution in [-0.4, -0.2) is 44.9 Å². The van der Waals surface area contributed by atoms with Gasteiger partial charge in [-0.05, 0) is 19.8 Å². The molecule has 0 rings (SSSR count). The highest BCUT2D eigenvalue weighted by Gasteiger charge is 2.05. The number of unbranched alkanes of at least 4 members (excludes halogenated alkanes) is 1. The summed E-state index contributed by atoms with van der Waals surface area (Å²) in [7, 11) is 1.63. The van der Waals surface area contributed by atoms with Crippen molar-refractivity contribution in [1.82, 2.24) is 0 Å². The number of aliphatic hydroxyl groups excluding tert-OH is 1. The van der Waals surface area contributed by atoms with E-state index < -0.39 is 0 Å². The number of ether oxygens (including phenoxy) is 3. The SMILES string of the molecule is CCOC(CCOCCCCO)OC. The van der Waals surface area contributed by atoms with Gasteiger partial charge in [0, 0.05) is 33.4 Å². The average Bonchev–Trinajstić information content (AvgIpc) is 2.21. The number of hydrogen-bond donors (Lipinski definition) is 1. The Morgan fingerprint density at radius 1 is 1.21 bits per heavy atom. The van der Waals surface area contributed by atoms with Gasteiger partial charge in [0.15, 0.2) is 6.29 Å². The predicted molar refractivity (Wildman–Crippen MR) is 54.2 cm³/mol. The van der Waals surface area contributed by atoms with Crippen molar-refractivity contribution in [3.05, 3.63) is 0 Å². The minimum atomic E-state index is -0.155. The molecule has 0 aliphatic heterocycles. The van der Waals surface area contributed by atoms with Crippen molar-refractivity contribution in [3.8, 4) is 0 Å². The lowest BCUT2D eigenvalue weighted by atomic mass is 10.3. The Morgan fingerprint density at radius 2 is 2.00 bits per heavy atom. The van der Waals surface area contributed by atoms with Gasteiger partial charge in [-0.15, -0.1) is 0 Å².